The predicted molar refractivity (Wildman–Crippen MR) is 78.4 cm³/mol. The van der Waals surface area contributed by atoms with E-state index in [1.807, 2.05) is 0 Å². The van der Waals surface area contributed by atoms with Gasteiger partial charge in [0.2, 0.25) is 0 Å². The number of hydrogen-bond acceptors (Lipinski definition) is 6. The lowest BCUT2D eigenvalue weighted by Crippen LogP contribution is -2.32. The third-order valence-corrected chi connectivity index (χ3v) is 3.77. The average molecular weight is 304 g/mol. The molecule has 0 unspecified atom stereocenters. The summed E-state index contributed by atoms with van der Waals surface area (Å²) in [4.78, 5) is 12.1. The second-order valence-corrected chi connectivity index (χ2v) is 5.75. The van der Waals surface area contributed by atoms with Crippen molar-refractivity contribution in [3.63, 3.8) is 0 Å². The molecule has 1 heterocycles. The van der Waals surface area contributed by atoms with Gasteiger partial charge < -0.3 is 24.8 Å². The molecule has 3 N–H and O–H groups in total. The van der Waals surface area contributed by atoms with Gasteiger partial charge in [-0.25, -0.2) is 4.79 Å². The monoisotopic (exact) mass is 304 g/mol. The minimum atomic E-state index is -1.22. The van der Waals surface area contributed by atoms with E-state index in [-0.39, 0.29) is 35.5 Å². The first-order chi connectivity index (χ1) is 10.3. The van der Waals surface area contributed by atoms with Gasteiger partial charge in [0.05, 0.1) is 18.1 Å². The first kappa shape index (κ1) is 14.5. The van der Waals surface area contributed by atoms with Crippen LogP contribution in [0.1, 0.15) is 22.8 Å². The molecule has 2 aromatic rings. The standard InChI is InChI=1S/C16H16O6/c1-16(20)6-9-3-8-4-10(21-2)5-11(17)12(8)14(18)13(9)15(19)22-7-16/h3-5,17-18,20H,6-7H2,1-2H3/t16-/m1/s1. The summed E-state index contributed by atoms with van der Waals surface area (Å²) in [5.41, 5.74) is -0.780. The Labute approximate surface area is 126 Å². The summed E-state index contributed by atoms with van der Waals surface area (Å²) >= 11 is 0. The SMILES string of the molecule is COc1cc(O)c2c(O)c3c(cc2c1)C[C@@](C)(O)COC3=O. The minimum absolute atomic E-state index is 0.0225. The van der Waals surface area contributed by atoms with E-state index >= 15 is 0 Å². The fraction of sp³-hybridized carbons (Fsp3) is 0.312. The van der Waals surface area contributed by atoms with Crippen LogP contribution in [0.5, 0.6) is 17.2 Å². The normalized spacial score (nSPS) is 21.1. The first-order valence-electron chi connectivity index (χ1n) is 6.77. The second-order valence-electron chi connectivity index (χ2n) is 5.75. The predicted octanol–water partition coefficient (Wildman–Crippen LogP) is 1.72. The molecular formula is C16H16O6. The molecule has 0 bridgehead atoms. The van der Waals surface area contributed by atoms with Crippen LogP contribution in [0.3, 0.4) is 0 Å². The summed E-state index contributed by atoms with van der Waals surface area (Å²) in [6.07, 6.45) is 0.148. The topological polar surface area (TPSA) is 96.2 Å². The Morgan fingerprint density at radius 3 is 2.68 bits per heavy atom. The Bertz CT molecular complexity index is 778. The van der Waals surface area contributed by atoms with Gasteiger partial charge in [0.15, 0.2) is 0 Å². The first-order valence-corrected chi connectivity index (χ1v) is 6.77. The summed E-state index contributed by atoms with van der Waals surface area (Å²) in [5.74, 6) is -0.844. The van der Waals surface area contributed by atoms with Gasteiger partial charge in [-0.1, -0.05) is 0 Å². The maximum atomic E-state index is 12.1. The summed E-state index contributed by atoms with van der Waals surface area (Å²) in [5, 5.41) is 31.4. The Kier molecular flexibility index (Phi) is 3.14. The van der Waals surface area contributed by atoms with Crippen LogP contribution in [-0.4, -0.2) is 40.6 Å². The van der Waals surface area contributed by atoms with Crippen LogP contribution in [0, 0.1) is 0 Å². The van der Waals surface area contributed by atoms with E-state index in [0.717, 1.165) is 0 Å². The lowest BCUT2D eigenvalue weighted by atomic mass is 9.91. The number of esters is 1. The highest BCUT2D eigenvalue weighted by Crippen LogP contribution is 2.41. The maximum Gasteiger partial charge on any atom is 0.342 e. The van der Waals surface area contributed by atoms with Gasteiger partial charge in [-0.2, -0.15) is 0 Å². The van der Waals surface area contributed by atoms with E-state index in [1.165, 1.54) is 13.2 Å². The molecule has 1 aliphatic rings. The lowest BCUT2D eigenvalue weighted by Gasteiger charge is -2.19. The number of aliphatic hydroxyl groups is 1. The van der Waals surface area contributed by atoms with Crippen LogP contribution in [0.4, 0.5) is 0 Å². The van der Waals surface area contributed by atoms with Crippen molar-refractivity contribution in [2.45, 2.75) is 18.9 Å². The van der Waals surface area contributed by atoms with E-state index in [2.05, 4.69) is 0 Å². The van der Waals surface area contributed by atoms with Crippen molar-refractivity contribution >= 4 is 16.7 Å². The second kappa shape index (κ2) is 4.78. The summed E-state index contributed by atoms with van der Waals surface area (Å²) in [6, 6.07) is 4.64. The summed E-state index contributed by atoms with van der Waals surface area (Å²) in [7, 11) is 1.46. The van der Waals surface area contributed by atoms with Gasteiger partial charge >= 0.3 is 5.97 Å². The number of benzene rings is 2. The molecule has 0 fully saturated rings. The molecular weight excluding hydrogens is 288 g/mol. The lowest BCUT2D eigenvalue weighted by molar-refractivity contribution is -0.0156. The van der Waals surface area contributed by atoms with Crippen molar-refractivity contribution in [3.05, 3.63) is 29.3 Å². The smallest absolute Gasteiger partial charge is 0.342 e. The van der Waals surface area contributed by atoms with Crippen LogP contribution in [0.15, 0.2) is 18.2 Å². The van der Waals surface area contributed by atoms with Crippen molar-refractivity contribution in [3.8, 4) is 17.2 Å². The fourth-order valence-corrected chi connectivity index (χ4v) is 2.77. The number of fused-ring (bicyclic) bond motifs is 2. The largest absolute Gasteiger partial charge is 0.507 e. The number of carbonyl (C=O) groups is 1. The molecule has 0 aliphatic carbocycles. The van der Waals surface area contributed by atoms with E-state index < -0.39 is 11.6 Å². The number of hydrogen-bond donors (Lipinski definition) is 3. The highest BCUT2D eigenvalue weighted by atomic mass is 16.5. The van der Waals surface area contributed by atoms with Crippen molar-refractivity contribution in [1.29, 1.82) is 0 Å². The zero-order valence-electron chi connectivity index (χ0n) is 12.2. The third kappa shape index (κ3) is 2.21. The van der Waals surface area contributed by atoms with Gasteiger partial charge in [-0.05, 0) is 30.0 Å². The number of ether oxygens (including phenoxy) is 2. The Balaban J connectivity index is 2.34. The number of methoxy groups -OCH3 is 1. The maximum absolute atomic E-state index is 12.1. The highest BCUT2D eigenvalue weighted by molar-refractivity contribution is 6.05. The molecule has 22 heavy (non-hydrogen) atoms. The van der Waals surface area contributed by atoms with Crippen LogP contribution < -0.4 is 4.74 Å². The van der Waals surface area contributed by atoms with E-state index in [1.54, 1.807) is 19.1 Å². The molecule has 0 saturated carbocycles. The van der Waals surface area contributed by atoms with Gasteiger partial charge in [-0.15, -0.1) is 0 Å². The Morgan fingerprint density at radius 1 is 1.27 bits per heavy atom. The molecule has 1 aliphatic heterocycles. The Morgan fingerprint density at radius 2 is 2.00 bits per heavy atom. The minimum Gasteiger partial charge on any atom is -0.507 e. The molecule has 0 aromatic heterocycles. The third-order valence-electron chi connectivity index (χ3n) is 3.77. The average Bonchev–Trinajstić information content (AvgIpc) is 2.54. The number of aromatic hydroxyl groups is 2. The molecule has 6 heteroatoms. The van der Waals surface area contributed by atoms with Crippen LogP contribution in [0.25, 0.3) is 10.8 Å². The molecule has 6 nitrogen and oxygen atoms in total. The molecule has 2 aromatic carbocycles. The zero-order valence-corrected chi connectivity index (χ0v) is 12.2. The van der Waals surface area contributed by atoms with Crippen molar-refractivity contribution < 1.29 is 29.6 Å². The van der Waals surface area contributed by atoms with Crippen molar-refractivity contribution in [1.82, 2.24) is 0 Å². The highest BCUT2D eigenvalue weighted by Gasteiger charge is 2.33. The van der Waals surface area contributed by atoms with Gasteiger partial charge in [0.1, 0.15) is 29.4 Å². The van der Waals surface area contributed by atoms with E-state index in [4.69, 9.17) is 9.47 Å². The Hall–Kier alpha value is -2.47. The summed E-state index contributed by atoms with van der Waals surface area (Å²) in [6.45, 7) is 1.39. The molecule has 1 atom stereocenters. The zero-order chi connectivity index (χ0) is 16.1. The quantitative estimate of drug-likeness (QED) is 0.694. The molecule has 0 amide bonds. The van der Waals surface area contributed by atoms with Gasteiger partial charge in [0, 0.05) is 12.5 Å². The molecule has 116 valence electrons. The van der Waals surface area contributed by atoms with E-state index in [9.17, 15) is 20.1 Å². The molecule has 0 spiro atoms. The van der Waals surface area contributed by atoms with Crippen LogP contribution in [0.2, 0.25) is 0 Å². The molecule has 0 saturated heterocycles. The molecule has 3 rings (SSSR count). The number of cyclic esters (lactones) is 1. The number of carbonyl (C=O) groups excluding carboxylic acids is 1. The number of phenols is 2. The van der Waals surface area contributed by atoms with Gasteiger partial charge in [0.25, 0.3) is 0 Å². The van der Waals surface area contributed by atoms with Crippen LogP contribution >= 0.6 is 0 Å². The number of phenolic OH excluding ortho intramolecular Hbond substituents is 2. The summed E-state index contributed by atoms with van der Waals surface area (Å²) < 4.78 is 10.1. The van der Waals surface area contributed by atoms with Crippen LogP contribution in [-0.2, 0) is 11.2 Å². The van der Waals surface area contributed by atoms with Gasteiger partial charge in [-0.3, -0.25) is 0 Å². The molecule has 0 radical (unpaired) electrons. The fourth-order valence-electron chi connectivity index (χ4n) is 2.77. The van der Waals surface area contributed by atoms with Crippen molar-refractivity contribution in [2.24, 2.45) is 0 Å². The van der Waals surface area contributed by atoms with E-state index in [0.29, 0.717) is 16.7 Å². The number of rotatable bonds is 1. The van der Waals surface area contributed by atoms with Crippen molar-refractivity contribution in [2.75, 3.05) is 13.7 Å².